The SMILES string of the molecule is Cc1ccc(C(=O)CN(C)CC2CCCCO2)cc1C. The van der Waals surface area contributed by atoms with Gasteiger partial charge in [0.05, 0.1) is 12.6 Å². The van der Waals surface area contributed by atoms with Gasteiger partial charge in [-0.25, -0.2) is 0 Å². The molecule has 3 heteroatoms. The number of likely N-dealkylation sites (N-methyl/N-ethyl adjacent to an activating group) is 1. The van der Waals surface area contributed by atoms with Crippen LogP contribution in [0.25, 0.3) is 0 Å². The predicted octanol–water partition coefficient (Wildman–Crippen LogP) is 2.99. The molecule has 110 valence electrons. The number of aryl methyl sites for hydroxylation is 2. The summed E-state index contributed by atoms with van der Waals surface area (Å²) in [5.41, 5.74) is 3.21. The Morgan fingerprint density at radius 3 is 2.75 bits per heavy atom. The lowest BCUT2D eigenvalue weighted by Crippen LogP contribution is -2.36. The van der Waals surface area contributed by atoms with Crippen LogP contribution in [-0.4, -0.2) is 43.5 Å². The van der Waals surface area contributed by atoms with Gasteiger partial charge in [-0.3, -0.25) is 9.69 Å². The molecule has 1 fully saturated rings. The lowest BCUT2D eigenvalue weighted by atomic mass is 10.0. The number of nitrogens with zero attached hydrogens (tertiary/aromatic N) is 1. The van der Waals surface area contributed by atoms with Crippen LogP contribution in [-0.2, 0) is 4.74 Å². The average molecular weight is 275 g/mol. The average Bonchev–Trinajstić information content (AvgIpc) is 2.42. The number of rotatable bonds is 5. The second-order valence-electron chi connectivity index (χ2n) is 5.91. The normalized spacial score (nSPS) is 19.3. The van der Waals surface area contributed by atoms with Crippen molar-refractivity contribution in [2.24, 2.45) is 0 Å². The van der Waals surface area contributed by atoms with Crippen molar-refractivity contribution in [2.45, 2.75) is 39.2 Å². The Morgan fingerprint density at radius 2 is 2.10 bits per heavy atom. The van der Waals surface area contributed by atoms with Crippen molar-refractivity contribution < 1.29 is 9.53 Å². The van der Waals surface area contributed by atoms with Gasteiger partial charge in [-0.15, -0.1) is 0 Å². The number of carbonyl (C=O) groups excluding carboxylic acids is 1. The topological polar surface area (TPSA) is 29.5 Å². The van der Waals surface area contributed by atoms with Crippen LogP contribution < -0.4 is 0 Å². The number of ketones is 1. The highest BCUT2D eigenvalue weighted by Crippen LogP contribution is 2.14. The zero-order valence-electron chi connectivity index (χ0n) is 12.8. The second-order valence-corrected chi connectivity index (χ2v) is 5.91. The van der Waals surface area contributed by atoms with E-state index in [4.69, 9.17) is 4.74 Å². The first-order chi connectivity index (χ1) is 9.56. The van der Waals surface area contributed by atoms with Gasteiger partial charge < -0.3 is 4.74 Å². The van der Waals surface area contributed by atoms with Gasteiger partial charge in [0, 0.05) is 18.7 Å². The second kappa shape index (κ2) is 7.00. The summed E-state index contributed by atoms with van der Waals surface area (Å²) >= 11 is 0. The van der Waals surface area contributed by atoms with Crippen LogP contribution in [0.4, 0.5) is 0 Å². The van der Waals surface area contributed by atoms with Crippen molar-refractivity contribution >= 4 is 5.78 Å². The van der Waals surface area contributed by atoms with Crippen molar-refractivity contribution in [3.8, 4) is 0 Å². The largest absolute Gasteiger partial charge is 0.377 e. The number of hydrogen-bond donors (Lipinski definition) is 0. The molecule has 0 spiro atoms. The van der Waals surface area contributed by atoms with Crippen molar-refractivity contribution in [1.82, 2.24) is 4.90 Å². The molecule has 0 amide bonds. The minimum absolute atomic E-state index is 0.186. The molecule has 1 aliphatic heterocycles. The van der Waals surface area contributed by atoms with Crippen LogP contribution in [0, 0.1) is 13.8 Å². The molecule has 1 aromatic carbocycles. The number of ether oxygens (including phenoxy) is 1. The monoisotopic (exact) mass is 275 g/mol. The Balaban J connectivity index is 1.87. The van der Waals surface area contributed by atoms with E-state index in [-0.39, 0.29) is 5.78 Å². The van der Waals surface area contributed by atoms with E-state index in [1.807, 2.05) is 32.2 Å². The zero-order valence-corrected chi connectivity index (χ0v) is 12.8. The minimum Gasteiger partial charge on any atom is -0.377 e. The fourth-order valence-corrected chi connectivity index (χ4v) is 2.61. The van der Waals surface area contributed by atoms with Crippen molar-refractivity contribution in [3.05, 3.63) is 34.9 Å². The van der Waals surface area contributed by atoms with E-state index in [0.29, 0.717) is 12.6 Å². The molecule has 0 aliphatic carbocycles. The third-order valence-corrected chi connectivity index (χ3v) is 4.03. The minimum atomic E-state index is 0.186. The quantitative estimate of drug-likeness (QED) is 0.774. The van der Waals surface area contributed by atoms with E-state index >= 15 is 0 Å². The Labute approximate surface area is 121 Å². The third-order valence-electron chi connectivity index (χ3n) is 4.03. The van der Waals surface area contributed by atoms with Crippen molar-refractivity contribution in [1.29, 1.82) is 0 Å². The summed E-state index contributed by atoms with van der Waals surface area (Å²) in [5, 5.41) is 0. The predicted molar refractivity (Wildman–Crippen MR) is 81.3 cm³/mol. The lowest BCUT2D eigenvalue weighted by Gasteiger charge is -2.27. The maximum absolute atomic E-state index is 12.3. The highest BCUT2D eigenvalue weighted by Gasteiger charge is 2.17. The highest BCUT2D eigenvalue weighted by molar-refractivity contribution is 5.97. The van der Waals surface area contributed by atoms with E-state index in [1.165, 1.54) is 24.0 Å². The van der Waals surface area contributed by atoms with E-state index in [2.05, 4.69) is 11.8 Å². The lowest BCUT2D eigenvalue weighted by molar-refractivity contribution is -0.000669. The highest BCUT2D eigenvalue weighted by atomic mass is 16.5. The zero-order chi connectivity index (χ0) is 14.5. The summed E-state index contributed by atoms with van der Waals surface area (Å²) < 4.78 is 5.72. The van der Waals surface area contributed by atoms with Gasteiger partial charge >= 0.3 is 0 Å². The number of hydrogen-bond acceptors (Lipinski definition) is 3. The molecule has 0 bridgehead atoms. The summed E-state index contributed by atoms with van der Waals surface area (Å²) in [6.45, 7) is 6.28. The molecule has 1 heterocycles. The smallest absolute Gasteiger partial charge is 0.176 e. The van der Waals surface area contributed by atoms with Gasteiger partial charge in [0.1, 0.15) is 0 Å². The molecule has 0 saturated carbocycles. The number of Topliss-reactive ketones (excluding diaryl/α,β-unsaturated/α-hetero) is 1. The van der Waals surface area contributed by atoms with Crippen LogP contribution in [0.1, 0.15) is 40.7 Å². The van der Waals surface area contributed by atoms with Crippen LogP contribution >= 0.6 is 0 Å². The van der Waals surface area contributed by atoms with Gasteiger partial charge in [0.25, 0.3) is 0 Å². The molecule has 1 unspecified atom stereocenters. The molecular weight excluding hydrogens is 250 g/mol. The summed E-state index contributed by atoms with van der Waals surface area (Å²) in [5.74, 6) is 0.186. The number of carbonyl (C=O) groups is 1. The van der Waals surface area contributed by atoms with Crippen molar-refractivity contribution in [2.75, 3.05) is 26.7 Å². The fourth-order valence-electron chi connectivity index (χ4n) is 2.61. The van der Waals surface area contributed by atoms with Gasteiger partial charge in [-0.2, -0.15) is 0 Å². The summed E-state index contributed by atoms with van der Waals surface area (Å²) in [6.07, 6.45) is 3.81. The molecule has 0 N–H and O–H groups in total. The maximum Gasteiger partial charge on any atom is 0.176 e. The van der Waals surface area contributed by atoms with E-state index in [0.717, 1.165) is 25.1 Å². The van der Waals surface area contributed by atoms with Crippen LogP contribution in [0.3, 0.4) is 0 Å². The van der Waals surface area contributed by atoms with Gasteiger partial charge in [-0.1, -0.05) is 12.1 Å². The molecule has 20 heavy (non-hydrogen) atoms. The molecule has 3 nitrogen and oxygen atoms in total. The molecule has 1 aromatic rings. The Kier molecular flexibility index (Phi) is 5.32. The first-order valence-corrected chi connectivity index (χ1v) is 7.47. The molecule has 1 aliphatic rings. The molecule has 1 saturated heterocycles. The van der Waals surface area contributed by atoms with Crippen molar-refractivity contribution in [3.63, 3.8) is 0 Å². The van der Waals surface area contributed by atoms with E-state index in [9.17, 15) is 4.79 Å². The first kappa shape index (κ1) is 15.2. The molecule has 1 atom stereocenters. The Hall–Kier alpha value is -1.19. The van der Waals surface area contributed by atoms with Crippen LogP contribution in [0.5, 0.6) is 0 Å². The molecule has 0 radical (unpaired) electrons. The first-order valence-electron chi connectivity index (χ1n) is 7.47. The van der Waals surface area contributed by atoms with Gasteiger partial charge in [-0.05, 0) is 57.4 Å². The Morgan fingerprint density at radius 1 is 1.30 bits per heavy atom. The van der Waals surface area contributed by atoms with Crippen LogP contribution in [0.2, 0.25) is 0 Å². The van der Waals surface area contributed by atoms with E-state index in [1.54, 1.807) is 0 Å². The van der Waals surface area contributed by atoms with Gasteiger partial charge in [0.15, 0.2) is 5.78 Å². The molecule has 0 aromatic heterocycles. The summed E-state index contributed by atoms with van der Waals surface area (Å²) in [6, 6.07) is 5.94. The summed E-state index contributed by atoms with van der Waals surface area (Å²) in [7, 11) is 2.00. The molecule has 2 rings (SSSR count). The maximum atomic E-state index is 12.3. The number of benzene rings is 1. The molecular formula is C17H25NO2. The van der Waals surface area contributed by atoms with Gasteiger partial charge in [0.2, 0.25) is 0 Å². The van der Waals surface area contributed by atoms with Crippen LogP contribution in [0.15, 0.2) is 18.2 Å². The fraction of sp³-hybridized carbons (Fsp3) is 0.588. The third kappa shape index (κ3) is 4.15. The standard InChI is InChI=1S/C17H25NO2/c1-13-7-8-15(10-14(13)2)17(19)12-18(3)11-16-6-4-5-9-20-16/h7-8,10,16H,4-6,9,11-12H2,1-3H3. The van der Waals surface area contributed by atoms with E-state index < -0.39 is 0 Å². The summed E-state index contributed by atoms with van der Waals surface area (Å²) in [4.78, 5) is 14.4. The Bertz CT molecular complexity index is 464.